The molecule has 116 valence electrons. The summed E-state index contributed by atoms with van der Waals surface area (Å²) in [6, 6.07) is 1.99. The lowest BCUT2D eigenvalue weighted by atomic mass is 9.70. The number of hydrogen-bond acceptors (Lipinski definition) is 2. The van der Waals surface area contributed by atoms with Crippen LogP contribution in [0.25, 0.3) is 0 Å². The fourth-order valence-corrected chi connectivity index (χ4v) is 3.37. The second kappa shape index (κ2) is 5.54. The fourth-order valence-electron chi connectivity index (χ4n) is 3.17. The summed E-state index contributed by atoms with van der Waals surface area (Å²) in [5.74, 6) is -2.85. The quantitative estimate of drug-likeness (QED) is 0.865. The zero-order valence-corrected chi connectivity index (χ0v) is 12.9. The van der Waals surface area contributed by atoms with Crippen LogP contribution in [0.1, 0.15) is 26.3 Å². The summed E-state index contributed by atoms with van der Waals surface area (Å²) in [5, 5.41) is 10.9. The molecule has 1 amide bonds. The van der Waals surface area contributed by atoms with E-state index in [-0.39, 0.29) is 29.6 Å². The number of nitrogens with zero attached hydrogens (tertiary/aromatic N) is 1. The molecule has 0 bridgehead atoms. The number of likely N-dealkylation sites (tertiary alicyclic amines) is 1. The Morgan fingerprint density at radius 3 is 2.10 bits per heavy atom. The Hall–Kier alpha value is -1.20. The van der Waals surface area contributed by atoms with Crippen LogP contribution in [0.15, 0.2) is 12.1 Å². The van der Waals surface area contributed by atoms with Crippen LogP contribution in [0.4, 0.5) is 8.78 Å². The molecule has 1 aliphatic heterocycles. The second-order valence-electron chi connectivity index (χ2n) is 5.80. The zero-order valence-electron chi connectivity index (χ0n) is 12.2. The molecule has 1 saturated heterocycles. The molecule has 1 aromatic carbocycles. The van der Waals surface area contributed by atoms with Crippen molar-refractivity contribution in [2.24, 2.45) is 11.8 Å². The van der Waals surface area contributed by atoms with Crippen molar-refractivity contribution >= 4 is 17.5 Å². The maximum absolute atomic E-state index is 14.2. The van der Waals surface area contributed by atoms with Gasteiger partial charge in [-0.3, -0.25) is 4.79 Å². The molecule has 1 heterocycles. The van der Waals surface area contributed by atoms with Gasteiger partial charge in [0.15, 0.2) is 0 Å². The van der Waals surface area contributed by atoms with Crippen LogP contribution < -0.4 is 0 Å². The van der Waals surface area contributed by atoms with Crippen LogP contribution in [-0.4, -0.2) is 29.0 Å². The minimum absolute atomic E-state index is 0.0566. The topological polar surface area (TPSA) is 40.5 Å². The first-order valence-corrected chi connectivity index (χ1v) is 7.18. The first-order chi connectivity index (χ1) is 9.67. The number of carbonyl (C=O) groups excluding carboxylic acids is 1. The lowest BCUT2D eigenvalue weighted by Crippen LogP contribution is -2.56. The van der Waals surface area contributed by atoms with Crippen LogP contribution in [0.2, 0.25) is 5.02 Å². The van der Waals surface area contributed by atoms with E-state index in [9.17, 15) is 18.7 Å². The largest absolute Gasteiger partial charge is 0.384 e. The van der Waals surface area contributed by atoms with Gasteiger partial charge in [-0.15, -0.1) is 0 Å². The van der Waals surface area contributed by atoms with E-state index in [1.54, 1.807) is 18.7 Å². The summed E-state index contributed by atoms with van der Waals surface area (Å²) in [6.45, 7) is 5.29. The molecule has 0 aromatic heterocycles. The highest BCUT2D eigenvalue weighted by molar-refractivity contribution is 6.30. The number of carbonyl (C=O) groups is 1. The molecule has 0 radical (unpaired) electrons. The molecule has 2 unspecified atom stereocenters. The van der Waals surface area contributed by atoms with Gasteiger partial charge in [-0.1, -0.05) is 25.4 Å². The Morgan fingerprint density at radius 1 is 1.29 bits per heavy atom. The van der Waals surface area contributed by atoms with Crippen molar-refractivity contribution in [3.8, 4) is 0 Å². The predicted molar refractivity (Wildman–Crippen MR) is 75.8 cm³/mol. The summed E-state index contributed by atoms with van der Waals surface area (Å²) in [7, 11) is 0. The minimum Gasteiger partial charge on any atom is -0.384 e. The summed E-state index contributed by atoms with van der Waals surface area (Å²) in [5.41, 5.74) is -2.04. The van der Waals surface area contributed by atoms with E-state index < -0.39 is 29.1 Å². The Labute approximate surface area is 127 Å². The van der Waals surface area contributed by atoms with Crippen molar-refractivity contribution < 1.29 is 18.7 Å². The van der Waals surface area contributed by atoms with Gasteiger partial charge in [-0.05, 0) is 12.1 Å². The van der Waals surface area contributed by atoms with Gasteiger partial charge in [0, 0.05) is 36.9 Å². The van der Waals surface area contributed by atoms with E-state index in [2.05, 4.69) is 0 Å². The molecule has 2 atom stereocenters. The molecule has 2 rings (SSSR count). The standard InChI is InChI=1S/C15H18ClF2NO2/c1-8-6-19(10(3)20)7-9(2)15(8,21)14-12(17)4-11(16)5-13(14)18/h4-5,8-9,21H,6-7H2,1-3H3. The van der Waals surface area contributed by atoms with Crippen LogP contribution >= 0.6 is 11.6 Å². The number of benzene rings is 1. The maximum atomic E-state index is 14.2. The van der Waals surface area contributed by atoms with Gasteiger partial charge in [0.1, 0.15) is 17.2 Å². The van der Waals surface area contributed by atoms with Gasteiger partial charge in [0.25, 0.3) is 0 Å². The number of aliphatic hydroxyl groups is 1. The number of piperidine rings is 1. The highest BCUT2D eigenvalue weighted by Crippen LogP contribution is 2.43. The van der Waals surface area contributed by atoms with Crippen molar-refractivity contribution in [1.29, 1.82) is 0 Å². The average molecular weight is 318 g/mol. The average Bonchev–Trinajstić information content (AvgIpc) is 2.34. The molecule has 0 saturated carbocycles. The van der Waals surface area contributed by atoms with Crippen molar-refractivity contribution in [3.63, 3.8) is 0 Å². The Kier molecular flexibility index (Phi) is 4.26. The van der Waals surface area contributed by atoms with E-state index in [1.807, 2.05) is 0 Å². The number of amides is 1. The smallest absolute Gasteiger partial charge is 0.219 e. The van der Waals surface area contributed by atoms with Crippen LogP contribution in [0.3, 0.4) is 0 Å². The highest BCUT2D eigenvalue weighted by atomic mass is 35.5. The predicted octanol–water partition coefficient (Wildman–Crippen LogP) is 2.94. The number of rotatable bonds is 1. The van der Waals surface area contributed by atoms with Gasteiger partial charge in [0.2, 0.25) is 5.91 Å². The van der Waals surface area contributed by atoms with E-state index in [0.29, 0.717) is 0 Å². The third-order valence-electron chi connectivity index (χ3n) is 4.34. The van der Waals surface area contributed by atoms with Gasteiger partial charge in [0.05, 0.1) is 5.56 Å². The molecular formula is C15H18ClF2NO2. The van der Waals surface area contributed by atoms with Gasteiger partial charge >= 0.3 is 0 Å². The van der Waals surface area contributed by atoms with E-state index in [4.69, 9.17) is 11.6 Å². The van der Waals surface area contributed by atoms with Gasteiger partial charge in [-0.25, -0.2) is 8.78 Å². The lowest BCUT2D eigenvalue weighted by Gasteiger charge is -2.47. The van der Waals surface area contributed by atoms with Crippen molar-refractivity contribution in [3.05, 3.63) is 34.4 Å². The van der Waals surface area contributed by atoms with Gasteiger partial charge < -0.3 is 10.0 Å². The Bertz CT molecular complexity index is 544. The Morgan fingerprint density at radius 2 is 1.71 bits per heavy atom. The van der Waals surface area contributed by atoms with Gasteiger partial charge in [-0.2, -0.15) is 0 Å². The molecule has 0 aliphatic carbocycles. The minimum atomic E-state index is -1.68. The maximum Gasteiger partial charge on any atom is 0.219 e. The monoisotopic (exact) mass is 317 g/mol. The molecular weight excluding hydrogens is 300 g/mol. The van der Waals surface area contributed by atoms with E-state index in [1.165, 1.54) is 6.92 Å². The number of hydrogen-bond donors (Lipinski definition) is 1. The SMILES string of the molecule is CC(=O)N1CC(C)C(O)(c2c(F)cc(Cl)cc2F)C(C)C1. The molecule has 3 nitrogen and oxygen atoms in total. The molecule has 21 heavy (non-hydrogen) atoms. The zero-order chi connectivity index (χ0) is 15.9. The van der Waals surface area contributed by atoms with Crippen LogP contribution in [-0.2, 0) is 10.4 Å². The van der Waals surface area contributed by atoms with Crippen molar-refractivity contribution in [1.82, 2.24) is 4.90 Å². The first kappa shape index (κ1) is 16.2. The molecule has 1 aromatic rings. The molecule has 0 spiro atoms. The summed E-state index contributed by atoms with van der Waals surface area (Å²) >= 11 is 5.63. The lowest BCUT2D eigenvalue weighted by molar-refractivity contribution is -0.147. The van der Waals surface area contributed by atoms with E-state index >= 15 is 0 Å². The molecule has 1 aliphatic rings. The van der Waals surface area contributed by atoms with Crippen LogP contribution in [0, 0.1) is 23.5 Å². The van der Waals surface area contributed by atoms with Crippen molar-refractivity contribution in [2.75, 3.05) is 13.1 Å². The third-order valence-corrected chi connectivity index (χ3v) is 4.56. The molecule has 6 heteroatoms. The summed E-state index contributed by atoms with van der Waals surface area (Å²) < 4.78 is 28.4. The molecule has 1 fully saturated rings. The normalized spacial score (nSPS) is 29.6. The first-order valence-electron chi connectivity index (χ1n) is 6.80. The van der Waals surface area contributed by atoms with E-state index in [0.717, 1.165) is 12.1 Å². The Balaban J connectivity index is 2.49. The fraction of sp³-hybridized carbons (Fsp3) is 0.533. The van der Waals surface area contributed by atoms with Crippen molar-refractivity contribution in [2.45, 2.75) is 26.4 Å². The van der Waals surface area contributed by atoms with Crippen LogP contribution in [0.5, 0.6) is 0 Å². The number of halogens is 3. The highest BCUT2D eigenvalue weighted by Gasteiger charge is 2.49. The summed E-state index contributed by atoms with van der Waals surface area (Å²) in [4.78, 5) is 13.1. The summed E-state index contributed by atoms with van der Waals surface area (Å²) in [6.07, 6.45) is 0. The second-order valence-corrected chi connectivity index (χ2v) is 6.23. The molecule has 1 N–H and O–H groups in total. The third kappa shape index (κ3) is 2.64.